The predicted molar refractivity (Wildman–Crippen MR) is 67.0 cm³/mol. The highest BCUT2D eigenvalue weighted by molar-refractivity contribution is 5.07. The lowest BCUT2D eigenvalue weighted by Crippen LogP contribution is -2.22. The van der Waals surface area contributed by atoms with Gasteiger partial charge in [0.2, 0.25) is 0 Å². The van der Waals surface area contributed by atoms with E-state index in [-0.39, 0.29) is 0 Å². The first-order valence-corrected chi connectivity index (χ1v) is 7.79. The largest absolute Gasteiger partial charge is 0.0651 e. The lowest BCUT2D eigenvalue weighted by molar-refractivity contribution is 0.202. The van der Waals surface area contributed by atoms with Crippen LogP contribution in [0.5, 0.6) is 0 Å². The molecule has 0 amide bonds. The van der Waals surface area contributed by atoms with E-state index in [1.54, 1.807) is 32.1 Å². The lowest BCUT2D eigenvalue weighted by atomic mass is 9.76. The quantitative estimate of drug-likeness (QED) is 0.660. The number of hydrogen-bond acceptors (Lipinski definition) is 0. The maximum Gasteiger partial charge on any atom is -0.0349 e. The van der Waals surface area contributed by atoms with Gasteiger partial charge < -0.3 is 0 Å². The third-order valence-corrected chi connectivity index (χ3v) is 6.89. The first-order valence-electron chi connectivity index (χ1n) is 7.79. The van der Waals surface area contributed by atoms with Crippen LogP contribution in [0.25, 0.3) is 0 Å². The minimum atomic E-state index is 1.07. The fourth-order valence-corrected chi connectivity index (χ4v) is 5.76. The molecule has 4 fully saturated rings. The molecule has 0 bridgehead atoms. The van der Waals surface area contributed by atoms with Gasteiger partial charge in [-0.25, -0.2) is 0 Å². The van der Waals surface area contributed by atoms with E-state index >= 15 is 0 Å². The summed E-state index contributed by atoms with van der Waals surface area (Å²) in [6.45, 7) is 5.03. The molecule has 0 aliphatic heterocycles. The van der Waals surface area contributed by atoms with E-state index in [1.165, 1.54) is 30.1 Å². The highest BCUT2D eigenvalue weighted by Gasteiger charge is 2.58. The Morgan fingerprint density at radius 2 is 1.81 bits per heavy atom. The fourth-order valence-electron chi connectivity index (χ4n) is 5.76. The SMILES string of the molecule is CCC1CC(C(C)C2CCC3CC32)C2CC12. The zero-order valence-electron chi connectivity index (χ0n) is 10.9. The second-order valence-corrected chi connectivity index (χ2v) is 7.39. The van der Waals surface area contributed by atoms with Crippen LogP contribution in [0.4, 0.5) is 0 Å². The van der Waals surface area contributed by atoms with E-state index in [1.807, 2.05) is 0 Å². The van der Waals surface area contributed by atoms with Gasteiger partial charge in [0.25, 0.3) is 0 Å². The second kappa shape index (κ2) is 3.27. The van der Waals surface area contributed by atoms with Crippen molar-refractivity contribution >= 4 is 0 Å². The van der Waals surface area contributed by atoms with Crippen LogP contribution in [-0.4, -0.2) is 0 Å². The maximum atomic E-state index is 2.61. The molecule has 0 saturated heterocycles. The Hall–Kier alpha value is 0. The van der Waals surface area contributed by atoms with Crippen molar-refractivity contribution in [3.63, 3.8) is 0 Å². The fraction of sp³-hybridized carbons (Fsp3) is 1.00. The van der Waals surface area contributed by atoms with Crippen molar-refractivity contribution in [3.8, 4) is 0 Å². The summed E-state index contributed by atoms with van der Waals surface area (Å²) in [5.41, 5.74) is 0. The summed E-state index contributed by atoms with van der Waals surface area (Å²) >= 11 is 0. The smallest absolute Gasteiger partial charge is 0.0349 e. The van der Waals surface area contributed by atoms with E-state index in [2.05, 4.69) is 13.8 Å². The molecule has 4 saturated carbocycles. The third kappa shape index (κ3) is 1.28. The molecule has 4 rings (SSSR count). The first-order chi connectivity index (χ1) is 7.79. The number of hydrogen-bond donors (Lipinski definition) is 0. The van der Waals surface area contributed by atoms with Gasteiger partial charge in [0.1, 0.15) is 0 Å². The first kappa shape index (κ1) is 9.97. The third-order valence-electron chi connectivity index (χ3n) is 6.89. The van der Waals surface area contributed by atoms with Crippen molar-refractivity contribution < 1.29 is 0 Å². The molecule has 90 valence electrons. The van der Waals surface area contributed by atoms with Crippen molar-refractivity contribution in [2.24, 2.45) is 47.3 Å². The van der Waals surface area contributed by atoms with Crippen LogP contribution in [0, 0.1) is 47.3 Å². The molecule has 8 atom stereocenters. The van der Waals surface area contributed by atoms with Crippen molar-refractivity contribution in [2.45, 2.75) is 52.4 Å². The monoisotopic (exact) mass is 218 g/mol. The number of rotatable bonds is 3. The Labute approximate surface area is 100 Å². The molecule has 8 unspecified atom stereocenters. The Morgan fingerprint density at radius 1 is 0.938 bits per heavy atom. The molecule has 16 heavy (non-hydrogen) atoms. The summed E-state index contributed by atoms with van der Waals surface area (Å²) in [4.78, 5) is 0. The predicted octanol–water partition coefficient (Wildman–Crippen LogP) is 4.35. The Morgan fingerprint density at radius 3 is 2.38 bits per heavy atom. The molecule has 4 aliphatic carbocycles. The zero-order valence-corrected chi connectivity index (χ0v) is 10.9. The highest BCUT2D eigenvalue weighted by Crippen LogP contribution is 2.66. The second-order valence-electron chi connectivity index (χ2n) is 7.39. The van der Waals surface area contributed by atoms with Crippen LogP contribution >= 0.6 is 0 Å². The molecule has 0 aromatic carbocycles. The van der Waals surface area contributed by atoms with Crippen LogP contribution in [0.2, 0.25) is 0 Å². The summed E-state index contributed by atoms with van der Waals surface area (Å²) in [7, 11) is 0. The van der Waals surface area contributed by atoms with Gasteiger partial charge in [-0.05, 0) is 79.4 Å². The Kier molecular flexibility index (Phi) is 2.04. The summed E-state index contributed by atoms with van der Waals surface area (Å²) < 4.78 is 0. The van der Waals surface area contributed by atoms with Crippen LogP contribution in [0.1, 0.15) is 52.4 Å². The van der Waals surface area contributed by atoms with Crippen molar-refractivity contribution in [2.75, 3.05) is 0 Å². The molecule has 4 aliphatic rings. The van der Waals surface area contributed by atoms with E-state index in [0.717, 1.165) is 23.7 Å². The average molecular weight is 218 g/mol. The van der Waals surface area contributed by atoms with Crippen LogP contribution in [-0.2, 0) is 0 Å². The van der Waals surface area contributed by atoms with Gasteiger partial charge in [0.15, 0.2) is 0 Å². The molecule has 0 heteroatoms. The molecule has 0 aromatic heterocycles. The molecule has 0 spiro atoms. The van der Waals surface area contributed by atoms with Crippen molar-refractivity contribution in [1.29, 1.82) is 0 Å². The van der Waals surface area contributed by atoms with Crippen molar-refractivity contribution in [3.05, 3.63) is 0 Å². The van der Waals surface area contributed by atoms with Gasteiger partial charge in [0, 0.05) is 0 Å². The number of fused-ring (bicyclic) bond motifs is 2. The van der Waals surface area contributed by atoms with Gasteiger partial charge in [-0.1, -0.05) is 20.3 Å². The highest BCUT2D eigenvalue weighted by atomic mass is 14.6. The minimum absolute atomic E-state index is 1.07. The molecule has 0 aromatic rings. The molecule has 0 N–H and O–H groups in total. The van der Waals surface area contributed by atoms with E-state index < -0.39 is 0 Å². The molecule has 0 heterocycles. The lowest BCUT2D eigenvalue weighted by Gasteiger charge is -2.29. The minimum Gasteiger partial charge on any atom is -0.0651 e. The van der Waals surface area contributed by atoms with Gasteiger partial charge in [-0.3, -0.25) is 0 Å². The Balaban J connectivity index is 1.46. The van der Waals surface area contributed by atoms with Crippen LogP contribution in [0.15, 0.2) is 0 Å². The zero-order chi connectivity index (χ0) is 10.9. The molecular weight excluding hydrogens is 192 g/mol. The summed E-state index contributed by atoms with van der Waals surface area (Å²) in [5.74, 6) is 9.20. The van der Waals surface area contributed by atoms with Gasteiger partial charge in [-0.15, -0.1) is 0 Å². The summed E-state index contributed by atoms with van der Waals surface area (Å²) in [6, 6.07) is 0. The summed E-state index contributed by atoms with van der Waals surface area (Å²) in [6.07, 6.45) is 9.43. The van der Waals surface area contributed by atoms with E-state index in [9.17, 15) is 0 Å². The molecule has 0 nitrogen and oxygen atoms in total. The van der Waals surface area contributed by atoms with Crippen molar-refractivity contribution in [1.82, 2.24) is 0 Å². The average Bonchev–Trinajstić information content (AvgIpc) is 3.19. The normalized spacial score (nSPS) is 59.2. The molecule has 0 radical (unpaired) electrons. The Bertz CT molecular complexity index is 294. The molecular formula is C16H26. The van der Waals surface area contributed by atoms with Crippen LogP contribution < -0.4 is 0 Å². The van der Waals surface area contributed by atoms with E-state index in [0.29, 0.717) is 0 Å². The summed E-state index contributed by atoms with van der Waals surface area (Å²) in [5, 5.41) is 0. The maximum absolute atomic E-state index is 2.61. The van der Waals surface area contributed by atoms with E-state index in [4.69, 9.17) is 0 Å². The van der Waals surface area contributed by atoms with Gasteiger partial charge in [0.05, 0.1) is 0 Å². The van der Waals surface area contributed by atoms with Gasteiger partial charge >= 0.3 is 0 Å². The van der Waals surface area contributed by atoms with Gasteiger partial charge in [-0.2, -0.15) is 0 Å². The topological polar surface area (TPSA) is 0 Å². The van der Waals surface area contributed by atoms with Crippen LogP contribution in [0.3, 0.4) is 0 Å². The standard InChI is InChI=1S/C16H26/c1-3-10-6-13(16-8-15(10)16)9(2)12-5-4-11-7-14(11)12/h9-16H,3-8H2,1-2H3.